The van der Waals surface area contributed by atoms with Gasteiger partial charge in [-0.25, -0.2) is 4.98 Å². The van der Waals surface area contributed by atoms with E-state index in [1.165, 1.54) is 22.3 Å². The molecule has 3 heterocycles. The molecule has 0 bridgehead atoms. The third-order valence-corrected chi connectivity index (χ3v) is 6.03. The molecule has 0 spiro atoms. The van der Waals surface area contributed by atoms with Gasteiger partial charge in [0.25, 0.3) is 5.56 Å². The Kier molecular flexibility index (Phi) is 5.80. The first-order chi connectivity index (χ1) is 14.2. The number of rotatable bonds is 6. The number of piperidine rings is 1. The lowest BCUT2D eigenvalue weighted by atomic mass is 10.1. The number of aromatic nitrogens is 2. The molecule has 29 heavy (non-hydrogen) atoms. The fourth-order valence-corrected chi connectivity index (χ4v) is 4.33. The Morgan fingerprint density at radius 3 is 2.66 bits per heavy atom. The van der Waals surface area contributed by atoms with E-state index in [-0.39, 0.29) is 18.0 Å². The molecule has 0 radical (unpaired) electrons. The molecule has 152 valence electrons. The van der Waals surface area contributed by atoms with Gasteiger partial charge in [0, 0.05) is 19.6 Å². The lowest BCUT2D eigenvalue weighted by Gasteiger charge is -2.29. The summed E-state index contributed by atoms with van der Waals surface area (Å²) in [4.78, 5) is 32.5. The average Bonchev–Trinajstić information content (AvgIpc) is 3.24. The molecule has 0 saturated carbocycles. The van der Waals surface area contributed by atoms with E-state index in [2.05, 4.69) is 10.2 Å². The SMILES string of the molecule is COc1ccc(CNC(=O)Cn2c(N3CCCCC3)nc3ccsc3c2=O)cc1. The van der Waals surface area contributed by atoms with Crippen molar-refractivity contribution < 1.29 is 9.53 Å². The number of amides is 1. The van der Waals surface area contributed by atoms with E-state index in [9.17, 15) is 9.59 Å². The van der Waals surface area contributed by atoms with Gasteiger partial charge < -0.3 is 15.0 Å². The first-order valence-electron chi connectivity index (χ1n) is 9.78. The van der Waals surface area contributed by atoms with E-state index in [0.717, 1.165) is 37.2 Å². The van der Waals surface area contributed by atoms with E-state index in [1.807, 2.05) is 35.7 Å². The van der Waals surface area contributed by atoms with Crippen molar-refractivity contribution in [2.24, 2.45) is 0 Å². The van der Waals surface area contributed by atoms with Crippen molar-refractivity contribution in [3.63, 3.8) is 0 Å². The summed E-state index contributed by atoms with van der Waals surface area (Å²) >= 11 is 1.37. The Morgan fingerprint density at radius 1 is 1.17 bits per heavy atom. The van der Waals surface area contributed by atoms with Gasteiger partial charge in [0.15, 0.2) is 0 Å². The molecule has 2 aromatic heterocycles. The maximum atomic E-state index is 13.0. The number of nitrogens with zero attached hydrogens (tertiary/aromatic N) is 3. The number of carbonyl (C=O) groups excluding carboxylic acids is 1. The molecule has 1 saturated heterocycles. The Bertz CT molecular complexity index is 1050. The van der Waals surface area contributed by atoms with Crippen LogP contribution in [-0.4, -0.2) is 35.7 Å². The molecule has 4 rings (SSSR count). The molecule has 1 amide bonds. The number of ether oxygens (including phenoxy) is 1. The second-order valence-corrected chi connectivity index (χ2v) is 8.03. The van der Waals surface area contributed by atoms with Crippen molar-refractivity contribution in [3.05, 3.63) is 51.6 Å². The molecular weight excluding hydrogens is 388 g/mol. The third-order valence-electron chi connectivity index (χ3n) is 5.14. The molecule has 7 nitrogen and oxygen atoms in total. The zero-order valence-corrected chi connectivity index (χ0v) is 17.2. The van der Waals surface area contributed by atoms with Crippen LogP contribution in [-0.2, 0) is 17.9 Å². The Morgan fingerprint density at radius 2 is 1.93 bits per heavy atom. The number of hydrogen-bond donors (Lipinski definition) is 1. The van der Waals surface area contributed by atoms with Gasteiger partial charge >= 0.3 is 0 Å². The average molecular weight is 413 g/mol. The van der Waals surface area contributed by atoms with Crippen LogP contribution in [0, 0.1) is 0 Å². The third kappa shape index (κ3) is 4.27. The Hall–Kier alpha value is -2.87. The van der Waals surface area contributed by atoms with Crippen LogP contribution in [0.15, 0.2) is 40.5 Å². The molecule has 1 aliphatic heterocycles. The van der Waals surface area contributed by atoms with Gasteiger partial charge in [-0.3, -0.25) is 14.2 Å². The number of fused-ring (bicyclic) bond motifs is 1. The zero-order chi connectivity index (χ0) is 20.2. The Labute approximate surface area is 172 Å². The van der Waals surface area contributed by atoms with Crippen LogP contribution in [0.3, 0.4) is 0 Å². The summed E-state index contributed by atoms with van der Waals surface area (Å²) in [6.07, 6.45) is 3.33. The first kappa shape index (κ1) is 19.4. The minimum Gasteiger partial charge on any atom is -0.497 e. The summed E-state index contributed by atoms with van der Waals surface area (Å²) in [5.41, 5.74) is 1.52. The predicted molar refractivity (Wildman–Crippen MR) is 115 cm³/mol. The summed E-state index contributed by atoms with van der Waals surface area (Å²) in [6, 6.07) is 9.39. The van der Waals surface area contributed by atoms with Crippen molar-refractivity contribution in [1.29, 1.82) is 0 Å². The number of carbonyl (C=O) groups is 1. The standard InChI is InChI=1S/C21H24N4O3S/c1-28-16-7-5-15(6-8-16)13-22-18(26)14-25-20(27)19-17(9-12-29-19)23-21(25)24-10-3-2-4-11-24/h5-9,12H,2-4,10-11,13-14H2,1H3,(H,22,26). The molecule has 0 aliphatic carbocycles. The lowest BCUT2D eigenvalue weighted by molar-refractivity contribution is -0.121. The van der Waals surface area contributed by atoms with Crippen LogP contribution < -0.4 is 20.5 Å². The topological polar surface area (TPSA) is 76.5 Å². The van der Waals surface area contributed by atoms with Crippen LogP contribution in [0.2, 0.25) is 0 Å². The molecule has 1 aliphatic rings. The quantitative estimate of drug-likeness (QED) is 0.674. The highest BCUT2D eigenvalue weighted by Crippen LogP contribution is 2.22. The minimum atomic E-state index is -0.209. The van der Waals surface area contributed by atoms with Crippen molar-refractivity contribution in [2.75, 3.05) is 25.1 Å². The molecule has 0 atom stereocenters. The van der Waals surface area contributed by atoms with Gasteiger partial charge in [-0.1, -0.05) is 12.1 Å². The molecule has 8 heteroatoms. The molecule has 0 unspecified atom stereocenters. The molecular formula is C21H24N4O3S. The van der Waals surface area contributed by atoms with Crippen LogP contribution >= 0.6 is 11.3 Å². The lowest BCUT2D eigenvalue weighted by Crippen LogP contribution is -2.39. The highest BCUT2D eigenvalue weighted by molar-refractivity contribution is 7.17. The summed E-state index contributed by atoms with van der Waals surface area (Å²) in [5.74, 6) is 1.16. The number of methoxy groups -OCH3 is 1. The van der Waals surface area contributed by atoms with Gasteiger partial charge in [-0.15, -0.1) is 11.3 Å². The Balaban J connectivity index is 1.54. The van der Waals surface area contributed by atoms with Gasteiger partial charge in [-0.2, -0.15) is 0 Å². The van der Waals surface area contributed by atoms with Gasteiger partial charge in [0.05, 0.1) is 12.6 Å². The second-order valence-electron chi connectivity index (χ2n) is 7.11. The fourth-order valence-electron chi connectivity index (χ4n) is 3.55. The smallest absolute Gasteiger partial charge is 0.273 e. The monoisotopic (exact) mass is 412 g/mol. The number of hydrogen-bond acceptors (Lipinski definition) is 6. The fraction of sp³-hybridized carbons (Fsp3) is 0.381. The zero-order valence-electron chi connectivity index (χ0n) is 16.4. The maximum Gasteiger partial charge on any atom is 0.273 e. The van der Waals surface area contributed by atoms with E-state index < -0.39 is 0 Å². The highest BCUT2D eigenvalue weighted by Gasteiger charge is 2.21. The highest BCUT2D eigenvalue weighted by atomic mass is 32.1. The van der Waals surface area contributed by atoms with Gasteiger partial charge in [0.1, 0.15) is 17.0 Å². The van der Waals surface area contributed by atoms with Crippen LogP contribution in [0.4, 0.5) is 5.95 Å². The predicted octanol–water partition coefficient (Wildman–Crippen LogP) is 2.77. The van der Waals surface area contributed by atoms with Crippen LogP contribution in [0.5, 0.6) is 5.75 Å². The number of anilines is 1. The van der Waals surface area contributed by atoms with Crippen molar-refractivity contribution in [3.8, 4) is 5.75 Å². The van der Waals surface area contributed by atoms with E-state index in [1.54, 1.807) is 7.11 Å². The minimum absolute atomic E-state index is 0.0400. The molecule has 3 aromatic rings. The molecule has 1 fully saturated rings. The van der Waals surface area contributed by atoms with Gasteiger partial charge in [-0.05, 0) is 48.4 Å². The normalized spacial score (nSPS) is 14.2. The first-order valence-corrected chi connectivity index (χ1v) is 10.7. The van der Waals surface area contributed by atoms with E-state index >= 15 is 0 Å². The summed E-state index contributed by atoms with van der Waals surface area (Å²) in [7, 11) is 1.62. The largest absolute Gasteiger partial charge is 0.497 e. The summed E-state index contributed by atoms with van der Waals surface area (Å²) in [6.45, 7) is 2.07. The summed E-state index contributed by atoms with van der Waals surface area (Å²) in [5, 5.41) is 4.77. The van der Waals surface area contributed by atoms with Gasteiger partial charge in [0.2, 0.25) is 11.9 Å². The number of thiophene rings is 1. The maximum absolute atomic E-state index is 13.0. The van der Waals surface area contributed by atoms with Crippen molar-refractivity contribution in [1.82, 2.24) is 14.9 Å². The van der Waals surface area contributed by atoms with E-state index in [4.69, 9.17) is 9.72 Å². The number of nitrogens with one attached hydrogen (secondary N) is 1. The second kappa shape index (κ2) is 8.65. The van der Waals surface area contributed by atoms with E-state index in [0.29, 0.717) is 22.7 Å². The molecule has 1 aromatic carbocycles. The van der Waals surface area contributed by atoms with Crippen molar-refractivity contribution >= 4 is 33.4 Å². The van der Waals surface area contributed by atoms with Crippen LogP contribution in [0.25, 0.3) is 10.2 Å². The molecule has 1 N–H and O–H groups in total. The summed E-state index contributed by atoms with van der Waals surface area (Å²) < 4.78 is 7.26. The van der Waals surface area contributed by atoms with Crippen molar-refractivity contribution in [2.45, 2.75) is 32.4 Å². The number of benzene rings is 1. The van der Waals surface area contributed by atoms with Crippen LogP contribution in [0.1, 0.15) is 24.8 Å².